The third-order valence-corrected chi connectivity index (χ3v) is 2.72. The second-order valence-electron chi connectivity index (χ2n) is 4.18. The van der Waals surface area contributed by atoms with Gasteiger partial charge in [0.15, 0.2) is 0 Å². The zero-order valence-electron chi connectivity index (χ0n) is 10.5. The van der Waals surface area contributed by atoms with Gasteiger partial charge in [0.2, 0.25) is 0 Å². The first-order valence-electron chi connectivity index (χ1n) is 5.65. The summed E-state index contributed by atoms with van der Waals surface area (Å²) in [7, 11) is 0. The van der Waals surface area contributed by atoms with Crippen molar-refractivity contribution in [2.75, 3.05) is 5.43 Å². The van der Waals surface area contributed by atoms with Crippen molar-refractivity contribution in [3.8, 4) is 0 Å². The summed E-state index contributed by atoms with van der Waals surface area (Å²) in [5.41, 5.74) is 1.58. The summed E-state index contributed by atoms with van der Waals surface area (Å²) < 4.78 is 38.4. The second kappa shape index (κ2) is 5.40. The summed E-state index contributed by atoms with van der Waals surface area (Å²) in [5.74, 6) is 5.15. The molecule has 0 radical (unpaired) electrons. The molecule has 0 saturated heterocycles. The number of nitro groups is 1. The molecule has 7 nitrogen and oxygen atoms in total. The highest BCUT2D eigenvalue weighted by Gasteiger charge is 2.32. The third kappa shape index (κ3) is 3.28. The molecule has 112 valence electrons. The van der Waals surface area contributed by atoms with Crippen molar-refractivity contribution in [1.29, 1.82) is 0 Å². The lowest BCUT2D eigenvalue weighted by Crippen LogP contribution is -2.10. The monoisotopic (exact) mass is 301 g/mol. The highest BCUT2D eigenvalue weighted by Crippen LogP contribution is 2.29. The Hall–Kier alpha value is -2.62. The highest BCUT2D eigenvalue weighted by atomic mass is 19.4. The molecule has 0 fully saturated rings. The van der Waals surface area contributed by atoms with Crippen molar-refractivity contribution >= 4 is 11.4 Å². The van der Waals surface area contributed by atoms with Gasteiger partial charge in [0.1, 0.15) is 5.69 Å². The lowest BCUT2D eigenvalue weighted by Gasteiger charge is -2.06. The molecule has 1 heterocycles. The van der Waals surface area contributed by atoms with E-state index in [1.54, 1.807) is 0 Å². The molecular weight excluding hydrogens is 291 g/mol. The van der Waals surface area contributed by atoms with E-state index in [2.05, 4.69) is 10.5 Å². The van der Waals surface area contributed by atoms with Crippen molar-refractivity contribution in [2.45, 2.75) is 12.7 Å². The van der Waals surface area contributed by atoms with E-state index >= 15 is 0 Å². The van der Waals surface area contributed by atoms with Gasteiger partial charge < -0.3 is 5.43 Å². The standard InChI is InChI=1S/C11H10F3N5O2/c12-11(13,14)8-4-16-18(6-8)5-7-1-2-9(17-15)10(3-7)19(20)21/h1-4,6,17H,5,15H2. The predicted molar refractivity (Wildman–Crippen MR) is 67.2 cm³/mol. The maximum absolute atomic E-state index is 12.4. The number of benzene rings is 1. The third-order valence-electron chi connectivity index (χ3n) is 2.72. The molecule has 0 amide bonds. The maximum Gasteiger partial charge on any atom is 0.419 e. The number of hydrogen-bond donors (Lipinski definition) is 2. The van der Waals surface area contributed by atoms with E-state index in [9.17, 15) is 23.3 Å². The Morgan fingerprint density at radius 3 is 2.67 bits per heavy atom. The van der Waals surface area contributed by atoms with Crippen LogP contribution in [0.4, 0.5) is 24.5 Å². The Morgan fingerprint density at radius 2 is 2.14 bits per heavy atom. The summed E-state index contributed by atoms with van der Waals surface area (Å²) in [4.78, 5) is 10.2. The summed E-state index contributed by atoms with van der Waals surface area (Å²) >= 11 is 0. The van der Waals surface area contributed by atoms with Gasteiger partial charge in [-0.25, -0.2) is 0 Å². The van der Waals surface area contributed by atoms with E-state index in [0.717, 1.165) is 10.9 Å². The van der Waals surface area contributed by atoms with Crippen LogP contribution in [0.25, 0.3) is 0 Å². The molecule has 3 N–H and O–H groups in total. The number of anilines is 1. The Balaban J connectivity index is 2.26. The molecule has 10 heteroatoms. The number of nitrogens with two attached hydrogens (primary N) is 1. The summed E-state index contributed by atoms with van der Waals surface area (Å²) in [6.45, 7) is -0.0260. The Kier molecular flexibility index (Phi) is 3.80. The first-order valence-corrected chi connectivity index (χ1v) is 5.65. The van der Waals surface area contributed by atoms with E-state index in [-0.39, 0.29) is 17.9 Å². The van der Waals surface area contributed by atoms with E-state index in [0.29, 0.717) is 11.8 Å². The average Bonchev–Trinajstić information content (AvgIpc) is 2.87. The predicted octanol–water partition coefficient (Wildman–Crippen LogP) is 2.14. The number of nitro benzene ring substituents is 1. The lowest BCUT2D eigenvalue weighted by atomic mass is 10.1. The zero-order valence-corrected chi connectivity index (χ0v) is 10.5. The Labute approximate surface area is 116 Å². The minimum atomic E-state index is -4.47. The first kappa shape index (κ1) is 14.8. The molecule has 2 aromatic rings. The normalized spacial score (nSPS) is 11.4. The number of nitrogens with one attached hydrogen (secondary N) is 1. The SMILES string of the molecule is NNc1ccc(Cn2cc(C(F)(F)F)cn2)cc1[N+](=O)[O-]. The molecule has 2 rings (SSSR count). The van der Waals surface area contributed by atoms with E-state index in [4.69, 9.17) is 5.84 Å². The molecule has 1 aromatic heterocycles. The van der Waals surface area contributed by atoms with Gasteiger partial charge in [0.05, 0.1) is 23.2 Å². The molecule has 21 heavy (non-hydrogen) atoms. The number of alkyl halides is 3. The molecule has 0 saturated carbocycles. The molecule has 0 unspecified atom stereocenters. The van der Waals surface area contributed by atoms with Crippen molar-refractivity contribution in [2.24, 2.45) is 5.84 Å². The van der Waals surface area contributed by atoms with E-state index < -0.39 is 16.7 Å². The van der Waals surface area contributed by atoms with Gasteiger partial charge in [-0.2, -0.15) is 18.3 Å². The molecule has 0 aliphatic heterocycles. The fourth-order valence-corrected chi connectivity index (χ4v) is 1.73. The van der Waals surface area contributed by atoms with Crippen LogP contribution in [0.5, 0.6) is 0 Å². The van der Waals surface area contributed by atoms with Crippen molar-refractivity contribution < 1.29 is 18.1 Å². The number of halogens is 3. The largest absolute Gasteiger partial charge is 0.419 e. The van der Waals surface area contributed by atoms with Crippen LogP contribution >= 0.6 is 0 Å². The number of nitrogen functional groups attached to an aromatic ring is 1. The second-order valence-corrected chi connectivity index (χ2v) is 4.18. The van der Waals surface area contributed by atoms with Gasteiger partial charge >= 0.3 is 6.18 Å². The fourth-order valence-electron chi connectivity index (χ4n) is 1.73. The van der Waals surface area contributed by atoms with E-state index in [1.807, 2.05) is 0 Å². The minimum absolute atomic E-state index is 0.0260. The van der Waals surface area contributed by atoms with Crippen LogP contribution in [0.15, 0.2) is 30.6 Å². The molecular formula is C11H10F3N5O2. The Morgan fingerprint density at radius 1 is 1.43 bits per heavy atom. The lowest BCUT2D eigenvalue weighted by molar-refractivity contribution is -0.384. The minimum Gasteiger partial charge on any atom is -0.318 e. The number of rotatable bonds is 4. The molecule has 0 atom stereocenters. The summed E-state index contributed by atoms with van der Waals surface area (Å²) in [5, 5.41) is 14.4. The van der Waals surface area contributed by atoms with Crippen LogP contribution in [0.2, 0.25) is 0 Å². The molecule has 0 spiro atoms. The van der Waals surface area contributed by atoms with Gasteiger partial charge in [-0.15, -0.1) is 0 Å². The number of nitrogens with zero attached hydrogens (tertiary/aromatic N) is 3. The number of hydrogen-bond acceptors (Lipinski definition) is 5. The average molecular weight is 301 g/mol. The molecule has 0 aliphatic rings. The van der Waals surface area contributed by atoms with Gasteiger partial charge in [0.25, 0.3) is 5.69 Å². The van der Waals surface area contributed by atoms with Crippen LogP contribution in [-0.2, 0) is 12.7 Å². The number of hydrazine groups is 1. The zero-order chi connectivity index (χ0) is 15.6. The van der Waals surface area contributed by atoms with E-state index in [1.165, 1.54) is 18.2 Å². The van der Waals surface area contributed by atoms with Crippen molar-refractivity contribution in [3.05, 3.63) is 51.8 Å². The maximum atomic E-state index is 12.4. The summed E-state index contributed by atoms with van der Waals surface area (Å²) in [6, 6.07) is 4.11. The quantitative estimate of drug-likeness (QED) is 0.512. The highest BCUT2D eigenvalue weighted by molar-refractivity contribution is 5.61. The van der Waals surface area contributed by atoms with Gasteiger partial charge in [-0.05, 0) is 11.6 Å². The molecule has 0 aliphatic carbocycles. The first-order chi connectivity index (χ1) is 9.81. The van der Waals surface area contributed by atoms with Crippen LogP contribution in [0, 0.1) is 10.1 Å². The van der Waals surface area contributed by atoms with Crippen LogP contribution in [0.1, 0.15) is 11.1 Å². The van der Waals surface area contributed by atoms with Crippen LogP contribution < -0.4 is 11.3 Å². The van der Waals surface area contributed by atoms with Gasteiger partial charge in [-0.3, -0.25) is 20.6 Å². The topological polar surface area (TPSA) is 99.0 Å². The van der Waals surface area contributed by atoms with Crippen LogP contribution in [0.3, 0.4) is 0 Å². The Bertz CT molecular complexity index is 668. The number of aromatic nitrogens is 2. The smallest absolute Gasteiger partial charge is 0.318 e. The molecule has 0 bridgehead atoms. The van der Waals surface area contributed by atoms with Gasteiger partial charge in [0, 0.05) is 12.3 Å². The molecule has 1 aromatic carbocycles. The summed E-state index contributed by atoms with van der Waals surface area (Å²) in [6.07, 6.45) is -2.94. The fraction of sp³-hybridized carbons (Fsp3) is 0.182. The van der Waals surface area contributed by atoms with Crippen LogP contribution in [-0.4, -0.2) is 14.7 Å². The van der Waals surface area contributed by atoms with Crippen molar-refractivity contribution in [1.82, 2.24) is 9.78 Å². The van der Waals surface area contributed by atoms with Gasteiger partial charge in [-0.1, -0.05) is 6.07 Å². The van der Waals surface area contributed by atoms with Crippen molar-refractivity contribution in [3.63, 3.8) is 0 Å².